The third-order valence-corrected chi connectivity index (χ3v) is 3.71. The fourth-order valence-corrected chi connectivity index (χ4v) is 2.42. The molecule has 0 fully saturated rings. The Labute approximate surface area is 163 Å². The average Bonchev–Trinajstić information content (AvgIpc) is 3.00. The molecule has 0 bridgehead atoms. The maximum Gasteiger partial charge on any atom is -0.693 e. The summed E-state index contributed by atoms with van der Waals surface area (Å²) >= 11 is -0.556. The third-order valence-electron chi connectivity index (χ3n) is 3.71. The van der Waals surface area contributed by atoms with Crippen LogP contribution in [0.4, 0.5) is 0 Å². The van der Waals surface area contributed by atoms with Gasteiger partial charge in [-0.3, -0.25) is 0 Å². The van der Waals surface area contributed by atoms with Crippen molar-refractivity contribution in [2.45, 2.75) is 19.3 Å². The molecule has 130 valence electrons. The summed E-state index contributed by atoms with van der Waals surface area (Å²) in [7, 11) is 9.78. The molecular formula is C20H24Cl2NTi-3. The Bertz CT molecular complexity index is 587. The fraction of sp³-hybridized carbons (Fsp3) is 0.200. The summed E-state index contributed by atoms with van der Waals surface area (Å²) in [5.41, 5.74) is 3.89. The van der Waals surface area contributed by atoms with Gasteiger partial charge in [0.2, 0.25) is 0 Å². The van der Waals surface area contributed by atoms with E-state index < -0.39 is 17.0 Å². The maximum atomic E-state index is 4.89. The summed E-state index contributed by atoms with van der Waals surface area (Å²) in [6.45, 7) is 10.1. The quantitative estimate of drug-likeness (QED) is 0.369. The van der Waals surface area contributed by atoms with E-state index in [0.29, 0.717) is 11.8 Å². The molecule has 0 saturated heterocycles. The smallest absolute Gasteiger partial charge is 0.693 e. The molecule has 2 aromatic rings. The zero-order chi connectivity index (χ0) is 17.1. The maximum absolute atomic E-state index is 4.89. The van der Waals surface area contributed by atoms with Crippen LogP contribution in [0.25, 0.3) is 12.2 Å². The molecule has 4 heteroatoms. The number of allylic oxidation sites excluding steroid dienone is 1. The van der Waals surface area contributed by atoms with Gasteiger partial charge in [0.05, 0.1) is 0 Å². The predicted molar refractivity (Wildman–Crippen MR) is 105 cm³/mol. The van der Waals surface area contributed by atoms with Crippen molar-refractivity contribution in [1.29, 1.82) is 0 Å². The first-order chi connectivity index (χ1) is 11.1. The van der Waals surface area contributed by atoms with E-state index in [1.54, 1.807) is 0 Å². The van der Waals surface area contributed by atoms with Crippen molar-refractivity contribution in [2.75, 3.05) is 0 Å². The fourth-order valence-electron chi connectivity index (χ4n) is 2.42. The van der Waals surface area contributed by atoms with E-state index in [1.165, 1.54) is 11.1 Å². The van der Waals surface area contributed by atoms with E-state index >= 15 is 0 Å². The molecular weight excluding hydrogens is 373 g/mol. The number of hydrogen-bond acceptors (Lipinski definition) is 0. The van der Waals surface area contributed by atoms with Crippen molar-refractivity contribution < 1.29 is 17.0 Å². The largest absolute Gasteiger partial charge is 0.693 e. The van der Waals surface area contributed by atoms with Crippen LogP contribution in [0, 0.1) is 19.8 Å². The number of rotatable bonds is 2. The van der Waals surface area contributed by atoms with Gasteiger partial charge in [0, 0.05) is 0 Å². The van der Waals surface area contributed by atoms with Gasteiger partial charge >= 0.3 is 35.6 Å². The van der Waals surface area contributed by atoms with E-state index in [1.807, 2.05) is 30.3 Å². The molecule has 2 unspecified atom stereocenters. The second-order valence-corrected chi connectivity index (χ2v) is 7.82. The normalized spacial score (nSPS) is 14.8. The van der Waals surface area contributed by atoms with E-state index in [-0.39, 0.29) is 6.15 Å². The zero-order valence-electron chi connectivity index (χ0n) is 14.0. The molecule has 0 heterocycles. The summed E-state index contributed by atoms with van der Waals surface area (Å²) in [5, 5.41) is 0. The van der Waals surface area contributed by atoms with Gasteiger partial charge in [0.15, 0.2) is 0 Å². The SMILES string of the molecule is [CH2-]C(CC)C1C=Cc2ccccc21.[CH2-]c1ccccc1.[Cl][Ti][Cl].[NH2-]. The Morgan fingerprint density at radius 3 is 2.08 bits per heavy atom. The second kappa shape index (κ2) is 13.6. The summed E-state index contributed by atoms with van der Waals surface area (Å²) in [6.07, 6.45) is 5.64. The predicted octanol–water partition coefficient (Wildman–Crippen LogP) is 7.62. The summed E-state index contributed by atoms with van der Waals surface area (Å²) < 4.78 is 0. The van der Waals surface area contributed by atoms with Crippen molar-refractivity contribution in [3.05, 3.63) is 97.4 Å². The molecule has 0 radical (unpaired) electrons. The molecule has 0 aliphatic heterocycles. The van der Waals surface area contributed by atoms with Crippen LogP contribution in [-0.2, 0) is 17.0 Å². The number of nitrogens with two attached hydrogens (primary N) is 1. The van der Waals surface area contributed by atoms with E-state index in [9.17, 15) is 0 Å². The van der Waals surface area contributed by atoms with Gasteiger partial charge in [-0.25, -0.2) is 0 Å². The first-order valence-corrected chi connectivity index (χ1v) is 11.9. The van der Waals surface area contributed by atoms with E-state index in [2.05, 4.69) is 57.2 Å². The van der Waals surface area contributed by atoms with Crippen molar-refractivity contribution in [3.8, 4) is 0 Å². The van der Waals surface area contributed by atoms with Gasteiger partial charge in [-0.15, -0.1) is 12.1 Å². The molecule has 1 aliphatic rings. The Balaban J connectivity index is 0.000000409. The van der Waals surface area contributed by atoms with Crippen LogP contribution in [0.5, 0.6) is 0 Å². The minimum atomic E-state index is -0.556. The Hall–Kier alpha value is -0.696. The van der Waals surface area contributed by atoms with E-state index in [0.717, 1.165) is 12.0 Å². The molecule has 1 aliphatic carbocycles. The first kappa shape index (κ1) is 23.3. The molecule has 2 aromatic carbocycles. The summed E-state index contributed by atoms with van der Waals surface area (Å²) in [5.74, 6) is 1.06. The Morgan fingerprint density at radius 2 is 1.58 bits per heavy atom. The zero-order valence-corrected chi connectivity index (χ0v) is 17.0. The molecule has 0 amide bonds. The average molecular weight is 397 g/mol. The van der Waals surface area contributed by atoms with Crippen molar-refractivity contribution >= 4 is 24.7 Å². The van der Waals surface area contributed by atoms with Crippen LogP contribution in [-0.4, -0.2) is 0 Å². The number of fused-ring (bicyclic) bond motifs is 1. The van der Waals surface area contributed by atoms with E-state index in [4.69, 9.17) is 18.6 Å². The number of benzene rings is 2. The van der Waals surface area contributed by atoms with Crippen LogP contribution in [0.15, 0.2) is 60.7 Å². The van der Waals surface area contributed by atoms with Crippen LogP contribution in [0.2, 0.25) is 0 Å². The molecule has 3 rings (SSSR count). The van der Waals surface area contributed by atoms with Crippen molar-refractivity contribution in [3.63, 3.8) is 0 Å². The summed E-state index contributed by atoms with van der Waals surface area (Å²) in [4.78, 5) is 0. The van der Waals surface area contributed by atoms with Gasteiger partial charge in [-0.2, -0.15) is 30.5 Å². The van der Waals surface area contributed by atoms with Crippen LogP contribution in [0.3, 0.4) is 0 Å². The van der Waals surface area contributed by atoms with Gasteiger partial charge in [-0.05, 0) is 17.0 Å². The van der Waals surface area contributed by atoms with Crippen molar-refractivity contribution in [1.82, 2.24) is 0 Å². The standard InChI is InChI=1S/C13H15.C7H7.2ClH.H2N.Ti/c1-3-10(2)12-9-8-11-6-4-5-7-13(11)12;1-7-5-3-2-4-6-7;;;;/h4-10,12H,2-3H2,1H3;2-6H,1H2;2*1H;1H2;/q2*-1;;;-1;+2/p-2. The molecule has 0 aromatic heterocycles. The van der Waals surface area contributed by atoms with Crippen molar-refractivity contribution in [2.24, 2.45) is 5.92 Å². The summed E-state index contributed by atoms with van der Waals surface area (Å²) in [6, 6.07) is 18.5. The minimum Gasteiger partial charge on any atom is -0.693 e. The number of halogens is 2. The van der Waals surface area contributed by atoms with Crippen LogP contribution < -0.4 is 0 Å². The van der Waals surface area contributed by atoms with Crippen LogP contribution >= 0.6 is 18.6 Å². The molecule has 2 N–H and O–H groups in total. The third kappa shape index (κ3) is 7.92. The Kier molecular flexibility index (Phi) is 13.2. The number of hydrogen-bond donors (Lipinski definition) is 0. The second-order valence-electron chi connectivity index (χ2n) is 5.24. The monoisotopic (exact) mass is 396 g/mol. The molecule has 1 nitrogen and oxygen atoms in total. The van der Waals surface area contributed by atoms with Gasteiger partial charge in [-0.1, -0.05) is 55.8 Å². The Morgan fingerprint density at radius 1 is 1.04 bits per heavy atom. The molecule has 0 spiro atoms. The van der Waals surface area contributed by atoms with Gasteiger partial charge in [0.1, 0.15) is 0 Å². The van der Waals surface area contributed by atoms with Crippen LogP contribution in [0.1, 0.15) is 36.0 Å². The minimum absolute atomic E-state index is 0. The molecule has 24 heavy (non-hydrogen) atoms. The molecule has 0 saturated carbocycles. The molecule has 2 atom stereocenters. The first-order valence-electron chi connectivity index (χ1n) is 7.57. The van der Waals surface area contributed by atoms with Gasteiger partial charge < -0.3 is 13.1 Å². The van der Waals surface area contributed by atoms with Gasteiger partial charge in [0.25, 0.3) is 0 Å². The topological polar surface area (TPSA) is 33.5 Å².